The highest BCUT2D eigenvalue weighted by Gasteiger charge is 2.49. The monoisotopic (exact) mass is 231 g/mol. The molecule has 1 atom stereocenters. The Bertz CT molecular complexity index is 489. The number of fused-ring (bicyclic) bond motifs is 1. The molecule has 0 spiro atoms. The standard InChI is InChI=1S/C14H17NO2/c1-13(2)10-6-4-5-7-11(10)15(12(13)16)8-14(3)9-17-14/h4-7H,8-9H2,1-3H3. The smallest absolute Gasteiger partial charge is 0.237 e. The number of hydrogen-bond donors (Lipinski definition) is 0. The van der Waals surface area contributed by atoms with E-state index in [0.29, 0.717) is 6.54 Å². The molecule has 2 heterocycles. The minimum absolute atomic E-state index is 0.136. The lowest BCUT2D eigenvalue weighted by Crippen LogP contribution is -2.41. The van der Waals surface area contributed by atoms with Gasteiger partial charge in [0.05, 0.1) is 18.6 Å². The Kier molecular flexibility index (Phi) is 1.97. The molecule has 0 aliphatic carbocycles. The first-order chi connectivity index (χ1) is 7.94. The van der Waals surface area contributed by atoms with Gasteiger partial charge in [0, 0.05) is 5.69 Å². The maximum Gasteiger partial charge on any atom is 0.237 e. The molecular formula is C14H17NO2. The minimum atomic E-state index is -0.415. The molecule has 2 aliphatic heterocycles. The van der Waals surface area contributed by atoms with Crippen molar-refractivity contribution in [1.82, 2.24) is 0 Å². The molecule has 0 bridgehead atoms. The van der Waals surface area contributed by atoms with Crippen LogP contribution in [0.25, 0.3) is 0 Å². The van der Waals surface area contributed by atoms with Gasteiger partial charge in [-0.1, -0.05) is 18.2 Å². The maximum atomic E-state index is 12.5. The predicted molar refractivity (Wildman–Crippen MR) is 66.2 cm³/mol. The van der Waals surface area contributed by atoms with E-state index >= 15 is 0 Å². The molecule has 0 radical (unpaired) electrons. The average molecular weight is 231 g/mol. The number of carbonyl (C=O) groups excluding carboxylic acids is 1. The normalized spacial score (nSPS) is 29.4. The molecule has 1 aromatic rings. The molecule has 90 valence electrons. The number of carbonyl (C=O) groups is 1. The Morgan fingerprint density at radius 3 is 2.59 bits per heavy atom. The summed E-state index contributed by atoms with van der Waals surface area (Å²) in [6.07, 6.45) is 0. The Labute approximate surface area is 101 Å². The van der Waals surface area contributed by atoms with Gasteiger partial charge < -0.3 is 9.64 Å². The fourth-order valence-electron chi connectivity index (χ4n) is 2.51. The van der Waals surface area contributed by atoms with E-state index in [1.54, 1.807) is 0 Å². The van der Waals surface area contributed by atoms with Gasteiger partial charge in [-0.3, -0.25) is 4.79 Å². The fourth-order valence-corrected chi connectivity index (χ4v) is 2.51. The van der Waals surface area contributed by atoms with Crippen LogP contribution in [0.15, 0.2) is 24.3 Å². The van der Waals surface area contributed by atoms with Gasteiger partial charge in [-0.25, -0.2) is 0 Å². The SMILES string of the molecule is CC1(CN2C(=O)C(C)(C)c3ccccc32)CO1. The van der Waals surface area contributed by atoms with Crippen molar-refractivity contribution in [2.45, 2.75) is 31.8 Å². The summed E-state index contributed by atoms with van der Waals surface area (Å²) in [6, 6.07) is 8.04. The Morgan fingerprint density at radius 1 is 1.29 bits per heavy atom. The summed E-state index contributed by atoms with van der Waals surface area (Å²) in [6.45, 7) is 7.44. The third kappa shape index (κ3) is 1.49. The summed E-state index contributed by atoms with van der Waals surface area (Å²) < 4.78 is 5.40. The molecule has 3 rings (SSSR count). The van der Waals surface area contributed by atoms with E-state index in [1.807, 2.05) is 49.9 Å². The second kappa shape index (κ2) is 3.10. The first-order valence-corrected chi connectivity index (χ1v) is 5.99. The molecule has 1 fully saturated rings. The molecular weight excluding hydrogens is 214 g/mol. The number of ether oxygens (including phenoxy) is 1. The number of amides is 1. The van der Waals surface area contributed by atoms with E-state index in [-0.39, 0.29) is 11.5 Å². The van der Waals surface area contributed by atoms with E-state index in [2.05, 4.69) is 0 Å². The highest BCUT2D eigenvalue weighted by Crippen LogP contribution is 2.43. The number of hydrogen-bond acceptors (Lipinski definition) is 2. The quantitative estimate of drug-likeness (QED) is 0.730. The first kappa shape index (κ1) is 10.8. The summed E-state index contributed by atoms with van der Waals surface area (Å²) in [5.41, 5.74) is 1.61. The maximum absolute atomic E-state index is 12.5. The number of rotatable bonds is 2. The molecule has 3 nitrogen and oxygen atoms in total. The second-order valence-electron chi connectivity index (χ2n) is 5.77. The van der Waals surface area contributed by atoms with Crippen LogP contribution < -0.4 is 4.90 Å². The zero-order valence-electron chi connectivity index (χ0n) is 10.5. The summed E-state index contributed by atoms with van der Waals surface area (Å²) in [5.74, 6) is 0.176. The van der Waals surface area contributed by atoms with E-state index in [4.69, 9.17) is 4.74 Å². The van der Waals surface area contributed by atoms with Crippen LogP contribution in [0.3, 0.4) is 0 Å². The third-order valence-corrected chi connectivity index (χ3v) is 3.78. The van der Waals surface area contributed by atoms with Crippen molar-refractivity contribution < 1.29 is 9.53 Å². The third-order valence-electron chi connectivity index (χ3n) is 3.78. The summed E-state index contributed by atoms with van der Waals surface area (Å²) in [7, 11) is 0. The summed E-state index contributed by atoms with van der Waals surface area (Å²) in [4.78, 5) is 14.3. The highest BCUT2D eigenvalue weighted by molar-refractivity contribution is 6.07. The van der Waals surface area contributed by atoms with Crippen LogP contribution in [0.4, 0.5) is 5.69 Å². The minimum Gasteiger partial charge on any atom is -0.368 e. The molecule has 0 aromatic heterocycles. The Balaban J connectivity index is 2.03. The van der Waals surface area contributed by atoms with Crippen LogP contribution in [0, 0.1) is 0 Å². The van der Waals surface area contributed by atoms with Crippen LogP contribution in [0.2, 0.25) is 0 Å². The Morgan fingerprint density at radius 2 is 1.94 bits per heavy atom. The van der Waals surface area contributed by atoms with Crippen molar-refractivity contribution in [2.75, 3.05) is 18.1 Å². The van der Waals surface area contributed by atoms with Crippen LogP contribution in [-0.2, 0) is 14.9 Å². The van der Waals surface area contributed by atoms with Crippen LogP contribution in [-0.4, -0.2) is 24.7 Å². The van der Waals surface area contributed by atoms with Crippen molar-refractivity contribution in [1.29, 1.82) is 0 Å². The number of para-hydroxylation sites is 1. The molecule has 0 saturated carbocycles. The number of benzene rings is 1. The van der Waals surface area contributed by atoms with Gasteiger partial charge in [0.15, 0.2) is 0 Å². The van der Waals surface area contributed by atoms with Crippen LogP contribution in [0.1, 0.15) is 26.3 Å². The number of anilines is 1. The highest BCUT2D eigenvalue weighted by atomic mass is 16.6. The van der Waals surface area contributed by atoms with Crippen molar-refractivity contribution in [3.63, 3.8) is 0 Å². The van der Waals surface area contributed by atoms with Gasteiger partial charge in [0.25, 0.3) is 0 Å². The molecule has 1 amide bonds. The first-order valence-electron chi connectivity index (χ1n) is 5.99. The molecule has 1 saturated heterocycles. The van der Waals surface area contributed by atoms with Gasteiger partial charge >= 0.3 is 0 Å². The molecule has 3 heteroatoms. The summed E-state index contributed by atoms with van der Waals surface area (Å²) >= 11 is 0. The topological polar surface area (TPSA) is 32.8 Å². The van der Waals surface area contributed by atoms with Gasteiger partial charge in [0.1, 0.15) is 5.60 Å². The zero-order chi connectivity index (χ0) is 12.3. The second-order valence-corrected chi connectivity index (χ2v) is 5.77. The van der Waals surface area contributed by atoms with Crippen LogP contribution >= 0.6 is 0 Å². The lowest BCUT2D eigenvalue weighted by molar-refractivity contribution is -0.122. The number of nitrogens with zero attached hydrogens (tertiary/aromatic N) is 1. The van der Waals surface area contributed by atoms with Gasteiger partial charge in [-0.2, -0.15) is 0 Å². The summed E-state index contributed by atoms with van der Waals surface area (Å²) in [5, 5.41) is 0. The van der Waals surface area contributed by atoms with Crippen molar-refractivity contribution >= 4 is 11.6 Å². The molecule has 17 heavy (non-hydrogen) atoms. The van der Waals surface area contributed by atoms with E-state index in [0.717, 1.165) is 17.9 Å². The Hall–Kier alpha value is -1.35. The number of epoxide rings is 1. The molecule has 1 unspecified atom stereocenters. The average Bonchev–Trinajstić information content (AvgIpc) is 2.99. The predicted octanol–water partition coefficient (Wildman–Crippen LogP) is 2.10. The fraction of sp³-hybridized carbons (Fsp3) is 0.500. The van der Waals surface area contributed by atoms with Crippen molar-refractivity contribution in [3.8, 4) is 0 Å². The largest absolute Gasteiger partial charge is 0.368 e. The molecule has 2 aliphatic rings. The zero-order valence-corrected chi connectivity index (χ0v) is 10.5. The lowest BCUT2D eigenvalue weighted by atomic mass is 9.86. The molecule has 1 aromatic carbocycles. The van der Waals surface area contributed by atoms with Crippen molar-refractivity contribution in [2.24, 2.45) is 0 Å². The van der Waals surface area contributed by atoms with Crippen LogP contribution in [0.5, 0.6) is 0 Å². The molecule has 0 N–H and O–H groups in total. The van der Waals surface area contributed by atoms with E-state index < -0.39 is 5.41 Å². The van der Waals surface area contributed by atoms with Crippen molar-refractivity contribution in [3.05, 3.63) is 29.8 Å². The van der Waals surface area contributed by atoms with Gasteiger partial charge in [-0.05, 0) is 32.4 Å². The van der Waals surface area contributed by atoms with E-state index in [1.165, 1.54) is 0 Å². The van der Waals surface area contributed by atoms with E-state index in [9.17, 15) is 4.79 Å². The lowest BCUT2D eigenvalue weighted by Gasteiger charge is -2.22. The van der Waals surface area contributed by atoms with Gasteiger partial charge in [0.2, 0.25) is 5.91 Å². The van der Waals surface area contributed by atoms with Gasteiger partial charge in [-0.15, -0.1) is 0 Å².